The van der Waals surface area contributed by atoms with Gasteiger partial charge in [-0.15, -0.1) is 0 Å². The molecule has 3 nitrogen and oxygen atoms in total. The second kappa shape index (κ2) is 8.06. The average Bonchev–Trinajstić information content (AvgIpc) is 2.66. The smallest absolute Gasteiger partial charge is 0.429 e. The molecule has 0 aliphatic heterocycles. The van der Waals surface area contributed by atoms with Crippen LogP contribution in [0.15, 0.2) is 71.2 Å². The van der Waals surface area contributed by atoms with E-state index in [0.29, 0.717) is 4.47 Å². The first-order chi connectivity index (χ1) is 13.6. The Morgan fingerprint density at radius 1 is 1.00 bits per heavy atom. The van der Waals surface area contributed by atoms with E-state index in [2.05, 4.69) is 21.2 Å². The molecule has 3 aromatic carbocycles. The molecule has 0 aliphatic rings. The fraction of sp³-hybridized carbons (Fsp3) is 0.227. The molecule has 0 heterocycles. The largest absolute Gasteiger partial charge is 0.432 e. The van der Waals surface area contributed by atoms with Crippen molar-refractivity contribution in [2.75, 3.05) is 0 Å². The maximum Gasteiger partial charge on any atom is 0.432 e. The van der Waals surface area contributed by atoms with Crippen molar-refractivity contribution in [1.82, 2.24) is 5.32 Å². The Kier molecular flexibility index (Phi) is 5.89. The molecular formula is C22H19BrF3NO2. The van der Waals surface area contributed by atoms with Gasteiger partial charge in [0.25, 0.3) is 0 Å². The van der Waals surface area contributed by atoms with Gasteiger partial charge in [0.05, 0.1) is 6.04 Å². The maximum absolute atomic E-state index is 13.8. The maximum atomic E-state index is 13.8. The van der Waals surface area contributed by atoms with Crippen LogP contribution in [-0.4, -0.2) is 12.3 Å². The van der Waals surface area contributed by atoms with E-state index in [1.165, 1.54) is 24.3 Å². The number of hydrogen-bond donors (Lipinski definition) is 1. The molecule has 29 heavy (non-hydrogen) atoms. The van der Waals surface area contributed by atoms with Crippen molar-refractivity contribution in [1.29, 1.82) is 0 Å². The van der Waals surface area contributed by atoms with Crippen LogP contribution in [0, 0.1) is 0 Å². The van der Waals surface area contributed by atoms with Gasteiger partial charge in [-0.1, -0.05) is 70.5 Å². The van der Waals surface area contributed by atoms with Crippen molar-refractivity contribution in [2.24, 2.45) is 0 Å². The zero-order valence-electron chi connectivity index (χ0n) is 15.8. The molecule has 3 aromatic rings. The van der Waals surface area contributed by atoms with E-state index in [1.807, 2.05) is 42.5 Å². The van der Waals surface area contributed by atoms with Crippen molar-refractivity contribution in [3.8, 4) is 0 Å². The highest BCUT2D eigenvalue weighted by Gasteiger charge is 2.56. The number of benzene rings is 3. The molecular weight excluding hydrogens is 447 g/mol. The molecule has 0 unspecified atom stereocenters. The molecule has 0 radical (unpaired) electrons. The van der Waals surface area contributed by atoms with Gasteiger partial charge in [0.1, 0.15) is 0 Å². The number of alkyl carbamates (subject to hydrolysis) is 1. The zero-order valence-corrected chi connectivity index (χ0v) is 17.3. The van der Waals surface area contributed by atoms with E-state index in [9.17, 15) is 18.0 Å². The topological polar surface area (TPSA) is 38.3 Å². The summed E-state index contributed by atoms with van der Waals surface area (Å²) in [5.41, 5.74) is -2.16. The highest BCUT2D eigenvalue weighted by molar-refractivity contribution is 9.10. The Labute approximate surface area is 175 Å². The minimum atomic E-state index is -4.79. The molecule has 1 amide bonds. The molecule has 0 saturated carbocycles. The molecule has 0 fully saturated rings. The summed E-state index contributed by atoms with van der Waals surface area (Å²) < 4.78 is 47.0. The highest BCUT2D eigenvalue weighted by atomic mass is 79.9. The summed E-state index contributed by atoms with van der Waals surface area (Å²) in [5.74, 6) is 0. The summed E-state index contributed by atoms with van der Waals surface area (Å²) in [4.78, 5) is 12.4. The Morgan fingerprint density at radius 2 is 1.62 bits per heavy atom. The van der Waals surface area contributed by atoms with Gasteiger partial charge in [-0.25, -0.2) is 4.79 Å². The lowest BCUT2D eigenvalue weighted by molar-refractivity contribution is -0.257. The lowest BCUT2D eigenvalue weighted by atomic mass is 9.95. The fourth-order valence-electron chi connectivity index (χ4n) is 3.15. The molecule has 0 aromatic heterocycles. The lowest BCUT2D eigenvalue weighted by Gasteiger charge is -2.32. The third kappa shape index (κ3) is 4.40. The van der Waals surface area contributed by atoms with Gasteiger partial charge < -0.3 is 10.1 Å². The number of nitrogens with one attached hydrogen (secondary N) is 1. The first-order valence-electron chi connectivity index (χ1n) is 8.92. The molecule has 0 bridgehead atoms. The molecule has 0 saturated heterocycles. The van der Waals surface area contributed by atoms with Crippen LogP contribution in [0.1, 0.15) is 31.0 Å². The Morgan fingerprint density at radius 3 is 2.28 bits per heavy atom. The fourth-order valence-corrected chi connectivity index (χ4v) is 3.41. The van der Waals surface area contributed by atoms with Crippen LogP contribution >= 0.6 is 15.9 Å². The van der Waals surface area contributed by atoms with E-state index in [0.717, 1.165) is 23.3 Å². The number of fused-ring (bicyclic) bond motifs is 1. The summed E-state index contributed by atoms with van der Waals surface area (Å²) in [6.07, 6.45) is -5.94. The predicted octanol–water partition coefficient (Wildman–Crippen LogP) is 6.87. The molecule has 7 heteroatoms. The van der Waals surface area contributed by atoms with Crippen LogP contribution in [0.5, 0.6) is 0 Å². The number of hydrogen-bond acceptors (Lipinski definition) is 2. The number of carbonyl (C=O) groups is 1. The van der Waals surface area contributed by atoms with Crippen molar-refractivity contribution >= 4 is 32.8 Å². The van der Waals surface area contributed by atoms with Crippen LogP contribution in [0.4, 0.5) is 18.0 Å². The van der Waals surface area contributed by atoms with Crippen LogP contribution in [0.2, 0.25) is 0 Å². The first kappa shape index (κ1) is 21.2. The zero-order chi connectivity index (χ0) is 21.2. The summed E-state index contributed by atoms with van der Waals surface area (Å²) in [6, 6.07) is 18.1. The quantitative estimate of drug-likeness (QED) is 0.456. The van der Waals surface area contributed by atoms with E-state index >= 15 is 0 Å². The summed E-state index contributed by atoms with van der Waals surface area (Å²) in [6.45, 7) is 2.55. The minimum absolute atomic E-state index is 0.166. The van der Waals surface area contributed by atoms with E-state index < -0.39 is 23.9 Å². The highest BCUT2D eigenvalue weighted by Crippen LogP contribution is 2.42. The predicted molar refractivity (Wildman–Crippen MR) is 110 cm³/mol. The summed E-state index contributed by atoms with van der Waals surface area (Å²) in [7, 11) is 0. The van der Waals surface area contributed by atoms with Crippen molar-refractivity contribution < 1.29 is 22.7 Å². The van der Waals surface area contributed by atoms with Gasteiger partial charge in [0.2, 0.25) is 5.60 Å². The van der Waals surface area contributed by atoms with Gasteiger partial charge in [0, 0.05) is 10.0 Å². The molecule has 0 spiro atoms. The van der Waals surface area contributed by atoms with Gasteiger partial charge in [-0.05, 0) is 42.3 Å². The molecule has 1 N–H and O–H groups in total. The van der Waals surface area contributed by atoms with Gasteiger partial charge >= 0.3 is 12.3 Å². The van der Waals surface area contributed by atoms with Gasteiger partial charge in [-0.3, -0.25) is 0 Å². The van der Waals surface area contributed by atoms with Crippen molar-refractivity contribution in [3.05, 3.63) is 82.3 Å². The van der Waals surface area contributed by atoms with Crippen LogP contribution in [-0.2, 0) is 10.3 Å². The molecule has 152 valence electrons. The molecule has 2 atom stereocenters. The Bertz CT molecular complexity index is 1020. The lowest BCUT2D eigenvalue weighted by Crippen LogP contribution is -2.46. The number of carbonyl (C=O) groups excluding carboxylic acids is 1. The second-order valence-corrected chi connectivity index (χ2v) is 7.78. The minimum Gasteiger partial charge on any atom is -0.429 e. The average molecular weight is 466 g/mol. The number of rotatable bonds is 4. The number of amides is 1. The van der Waals surface area contributed by atoms with Crippen LogP contribution in [0.3, 0.4) is 0 Å². The normalized spacial score (nSPS) is 14.8. The summed E-state index contributed by atoms with van der Waals surface area (Å²) in [5, 5.41) is 4.41. The van der Waals surface area contributed by atoms with Gasteiger partial charge in [-0.2, -0.15) is 13.2 Å². The van der Waals surface area contributed by atoms with Crippen molar-refractivity contribution in [2.45, 2.75) is 31.7 Å². The Hall–Kier alpha value is -2.54. The third-order valence-corrected chi connectivity index (χ3v) is 5.39. The second-order valence-electron chi connectivity index (χ2n) is 6.86. The third-order valence-electron chi connectivity index (χ3n) is 4.86. The molecule has 0 aliphatic carbocycles. The number of ether oxygens (including phenoxy) is 1. The van der Waals surface area contributed by atoms with Crippen molar-refractivity contribution in [3.63, 3.8) is 0 Å². The van der Waals surface area contributed by atoms with E-state index in [-0.39, 0.29) is 5.56 Å². The van der Waals surface area contributed by atoms with E-state index in [1.54, 1.807) is 6.92 Å². The van der Waals surface area contributed by atoms with Crippen LogP contribution in [0.25, 0.3) is 10.8 Å². The SMILES string of the molecule is C[C@H](NC(=O)O[C@](C)(c1ccc(Br)cc1)C(F)(F)F)c1cccc2ccccc12. The van der Waals surface area contributed by atoms with Crippen LogP contribution < -0.4 is 5.32 Å². The summed E-state index contributed by atoms with van der Waals surface area (Å²) >= 11 is 3.19. The standard InChI is InChI=1S/C22H19BrF3NO2/c1-14(18-9-5-7-15-6-3-4-8-19(15)18)27-20(28)29-21(2,22(24,25)26)16-10-12-17(23)13-11-16/h3-14H,1-2H3,(H,27,28)/t14-,21+/m0/s1. The molecule has 3 rings (SSSR count). The first-order valence-corrected chi connectivity index (χ1v) is 9.71. The monoisotopic (exact) mass is 465 g/mol. The number of alkyl halides is 3. The van der Waals surface area contributed by atoms with Gasteiger partial charge in [0.15, 0.2) is 0 Å². The number of halogens is 4. The van der Waals surface area contributed by atoms with E-state index in [4.69, 9.17) is 4.74 Å². The Balaban J connectivity index is 1.84.